The van der Waals surface area contributed by atoms with Crippen molar-refractivity contribution in [2.45, 2.75) is 26.1 Å². The smallest absolute Gasteiger partial charge is 0.160 e. The standard InChI is InChI=1S/C22H23NO3/c1-16-13-19(7-9-23-16)18-4-3-17-5-6-21(15-20(17)14-18)24-12-8-22-25-10-2-11-26-22/h3-7,9,13-15,22H,2,8,10-12H2,1H3. The van der Waals surface area contributed by atoms with E-state index in [0.717, 1.165) is 37.5 Å². The van der Waals surface area contributed by atoms with E-state index in [1.165, 1.54) is 21.9 Å². The van der Waals surface area contributed by atoms with Gasteiger partial charge in [0, 0.05) is 18.3 Å². The first-order valence-corrected chi connectivity index (χ1v) is 9.11. The molecule has 1 fully saturated rings. The molecule has 0 atom stereocenters. The molecule has 0 aliphatic carbocycles. The van der Waals surface area contributed by atoms with Crippen LogP contribution in [0, 0.1) is 6.92 Å². The molecule has 1 aliphatic heterocycles. The van der Waals surface area contributed by atoms with Gasteiger partial charge in [-0.2, -0.15) is 0 Å². The Morgan fingerprint density at radius 3 is 2.62 bits per heavy atom. The zero-order chi connectivity index (χ0) is 17.8. The van der Waals surface area contributed by atoms with Crippen LogP contribution in [-0.2, 0) is 9.47 Å². The Morgan fingerprint density at radius 1 is 0.962 bits per heavy atom. The molecule has 134 valence electrons. The number of aryl methyl sites for hydroxylation is 1. The van der Waals surface area contributed by atoms with Crippen molar-refractivity contribution in [3.63, 3.8) is 0 Å². The summed E-state index contributed by atoms with van der Waals surface area (Å²) in [4.78, 5) is 4.27. The maximum atomic E-state index is 5.91. The second-order valence-corrected chi connectivity index (χ2v) is 6.57. The SMILES string of the molecule is Cc1cc(-c2ccc3ccc(OCCC4OCCCO4)cc3c2)ccn1. The molecule has 2 aromatic carbocycles. The normalized spacial score (nSPS) is 15.3. The Labute approximate surface area is 153 Å². The Balaban J connectivity index is 1.48. The van der Waals surface area contributed by atoms with Crippen molar-refractivity contribution < 1.29 is 14.2 Å². The minimum absolute atomic E-state index is 0.134. The molecule has 0 spiro atoms. The molecular weight excluding hydrogens is 326 g/mol. The van der Waals surface area contributed by atoms with Crippen LogP contribution < -0.4 is 4.74 Å². The van der Waals surface area contributed by atoms with Gasteiger partial charge in [0.2, 0.25) is 0 Å². The number of hydrogen-bond acceptors (Lipinski definition) is 4. The van der Waals surface area contributed by atoms with Crippen LogP contribution in [0.4, 0.5) is 0 Å². The molecule has 4 rings (SSSR count). The summed E-state index contributed by atoms with van der Waals surface area (Å²) in [5, 5.41) is 2.37. The van der Waals surface area contributed by atoms with E-state index in [2.05, 4.69) is 41.4 Å². The number of ether oxygens (including phenoxy) is 3. The van der Waals surface area contributed by atoms with Gasteiger partial charge in [0.05, 0.1) is 19.8 Å². The molecular formula is C22H23NO3. The molecule has 0 saturated carbocycles. The number of nitrogens with zero attached hydrogens (tertiary/aromatic N) is 1. The van der Waals surface area contributed by atoms with Crippen LogP contribution in [0.1, 0.15) is 18.5 Å². The molecule has 0 N–H and O–H groups in total. The molecule has 0 amide bonds. The van der Waals surface area contributed by atoms with Crippen molar-refractivity contribution in [1.82, 2.24) is 4.98 Å². The zero-order valence-electron chi connectivity index (χ0n) is 15.0. The van der Waals surface area contributed by atoms with E-state index in [1.54, 1.807) is 0 Å². The first kappa shape index (κ1) is 17.0. The quantitative estimate of drug-likeness (QED) is 0.667. The summed E-state index contributed by atoms with van der Waals surface area (Å²) in [6.45, 7) is 4.14. The largest absolute Gasteiger partial charge is 0.493 e. The molecule has 1 aromatic heterocycles. The monoisotopic (exact) mass is 349 g/mol. The number of hydrogen-bond donors (Lipinski definition) is 0. The summed E-state index contributed by atoms with van der Waals surface area (Å²) in [6.07, 6.45) is 3.44. The fraction of sp³-hybridized carbons (Fsp3) is 0.318. The van der Waals surface area contributed by atoms with Crippen molar-refractivity contribution in [3.8, 4) is 16.9 Å². The molecule has 3 aromatic rings. The Hall–Kier alpha value is -2.43. The highest BCUT2D eigenvalue weighted by Crippen LogP contribution is 2.27. The molecule has 4 heteroatoms. The Kier molecular flexibility index (Phi) is 5.14. The van der Waals surface area contributed by atoms with E-state index in [-0.39, 0.29) is 6.29 Å². The fourth-order valence-electron chi connectivity index (χ4n) is 3.20. The molecule has 1 aliphatic rings. The summed E-state index contributed by atoms with van der Waals surface area (Å²) in [5.41, 5.74) is 3.38. The van der Waals surface area contributed by atoms with Gasteiger partial charge in [-0.1, -0.05) is 18.2 Å². The highest BCUT2D eigenvalue weighted by atomic mass is 16.7. The molecule has 2 heterocycles. The van der Waals surface area contributed by atoms with E-state index in [4.69, 9.17) is 14.2 Å². The number of pyridine rings is 1. The fourth-order valence-corrected chi connectivity index (χ4v) is 3.20. The van der Waals surface area contributed by atoms with E-state index in [1.807, 2.05) is 25.3 Å². The number of rotatable bonds is 5. The zero-order valence-corrected chi connectivity index (χ0v) is 15.0. The third-order valence-corrected chi connectivity index (χ3v) is 4.56. The van der Waals surface area contributed by atoms with E-state index < -0.39 is 0 Å². The lowest BCUT2D eigenvalue weighted by Gasteiger charge is -2.23. The Morgan fingerprint density at radius 2 is 1.77 bits per heavy atom. The summed E-state index contributed by atoms with van der Waals surface area (Å²) in [5.74, 6) is 0.872. The first-order chi connectivity index (χ1) is 12.8. The molecule has 0 unspecified atom stereocenters. The predicted molar refractivity (Wildman–Crippen MR) is 102 cm³/mol. The second-order valence-electron chi connectivity index (χ2n) is 6.57. The second kappa shape index (κ2) is 7.85. The predicted octanol–water partition coefficient (Wildman–Crippen LogP) is 4.74. The van der Waals surface area contributed by atoms with Crippen LogP contribution >= 0.6 is 0 Å². The van der Waals surface area contributed by atoms with Crippen LogP contribution in [0.15, 0.2) is 54.7 Å². The number of benzene rings is 2. The average Bonchev–Trinajstić information content (AvgIpc) is 2.68. The third kappa shape index (κ3) is 4.03. The van der Waals surface area contributed by atoms with E-state index in [9.17, 15) is 0 Å². The summed E-state index contributed by atoms with van der Waals surface area (Å²) in [7, 11) is 0. The molecule has 0 radical (unpaired) electrons. The lowest BCUT2D eigenvalue weighted by molar-refractivity contribution is -0.183. The lowest BCUT2D eigenvalue weighted by Crippen LogP contribution is -2.26. The summed E-state index contributed by atoms with van der Waals surface area (Å²) < 4.78 is 17.0. The van der Waals surface area contributed by atoms with Gasteiger partial charge < -0.3 is 14.2 Å². The van der Waals surface area contributed by atoms with Gasteiger partial charge in [-0.15, -0.1) is 0 Å². The van der Waals surface area contributed by atoms with Gasteiger partial charge >= 0.3 is 0 Å². The van der Waals surface area contributed by atoms with Crippen molar-refractivity contribution in [2.75, 3.05) is 19.8 Å². The van der Waals surface area contributed by atoms with Gasteiger partial charge in [-0.25, -0.2) is 0 Å². The van der Waals surface area contributed by atoms with Crippen LogP contribution in [0.25, 0.3) is 21.9 Å². The van der Waals surface area contributed by atoms with Crippen molar-refractivity contribution in [2.24, 2.45) is 0 Å². The first-order valence-electron chi connectivity index (χ1n) is 9.11. The van der Waals surface area contributed by atoms with Gasteiger partial charge in [-0.3, -0.25) is 4.98 Å². The summed E-state index contributed by atoms with van der Waals surface area (Å²) in [6, 6.07) is 16.8. The third-order valence-electron chi connectivity index (χ3n) is 4.56. The maximum absolute atomic E-state index is 5.91. The van der Waals surface area contributed by atoms with Crippen LogP contribution in [0.5, 0.6) is 5.75 Å². The van der Waals surface area contributed by atoms with Crippen LogP contribution in [0.3, 0.4) is 0 Å². The van der Waals surface area contributed by atoms with Crippen molar-refractivity contribution >= 4 is 10.8 Å². The van der Waals surface area contributed by atoms with Gasteiger partial charge in [-0.05, 0) is 65.6 Å². The van der Waals surface area contributed by atoms with Gasteiger partial charge in [0.15, 0.2) is 6.29 Å². The Bertz CT molecular complexity index is 887. The highest BCUT2D eigenvalue weighted by Gasteiger charge is 2.13. The number of fused-ring (bicyclic) bond motifs is 1. The minimum atomic E-state index is -0.134. The minimum Gasteiger partial charge on any atom is -0.493 e. The molecule has 26 heavy (non-hydrogen) atoms. The lowest BCUT2D eigenvalue weighted by atomic mass is 10.0. The topological polar surface area (TPSA) is 40.6 Å². The number of aromatic nitrogens is 1. The van der Waals surface area contributed by atoms with E-state index >= 15 is 0 Å². The van der Waals surface area contributed by atoms with Crippen molar-refractivity contribution in [3.05, 3.63) is 60.4 Å². The molecule has 4 nitrogen and oxygen atoms in total. The highest BCUT2D eigenvalue weighted by molar-refractivity contribution is 5.88. The van der Waals surface area contributed by atoms with Gasteiger partial charge in [0.25, 0.3) is 0 Å². The average molecular weight is 349 g/mol. The molecule has 0 bridgehead atoms. The van der Waals surface area contributed by atoms with Gasteiger partial charge in [0.1, 0.15) is 5.75 Å². The van der Waals surface area contributed by atoms with E-state index in [0.29, 0.717) is 6.61 Å². The van der Waals surface area contributed by atoms with Crippen molar-refractivity contribution in [1.29, 1.82) is 0 Å². The molecule has 1 saturated heterocycles. The summed E-state index contributed by atoms with van der Waals surface area (Å²) >= 11 is 0. The van der Waals surface area contributed by atoms with Crippen LogP contribution in [-0.4, -0.2) is 31.1 Å². The van der Waals surface area contributed by atoms with Crippen LogP contribution in [0.2, 0.25) is 0 Å². The maximum Gasteiger partial charge on any atom is 0.160 e.